The highest BCUT2D eigenvalue weighted by Crippen LogP contribution is 2.19. The van der Waals surface area contributed by atoms with Crippen LogP contribution < -0.4 is 10.6 Å². The third kappa shape index (κ3) is 1.70. The van der Waals surface area contributed by atoms with Crippen molar-refractivity contribution in [1.29, 1.82) is 0 Å². The minimum Gasteiger partial charge on any atom is -0.313 e. The van der Waals surface area contributed by atoms with Crippen molar-refractivity contribution in [2.45, 2.75) is 38.8 Å². The molecule has 2 unspecified atom stereocenters. The maximum atomic E-state index is 3.45. The van der Waals surface area contributed by atoms with Gasteiger partial charge in [-0.2, -0.15) is 0 Å². The quantitative estimate of drug-likeness (QED) is 0.605. The van der Waals surface area contributed by atoms with Crippen LogP contribution in [0.3, 0.4) is 0 Å². The molecule has 10 heavy (non-hydrogen) atoms. The molecule has 0 aromatic rings. The number of likely N-dealkylation sites (N-methyl/N-ethyl adjacent to an activating group) is 2. The second kappa shape index (κ2) is 3.94. The van der Waals surface area contributed by atoms with Gasteiger partial charge >= 0.3 is 0 Å². The summed E-state index contributed by atoms with van der Waals surface area (Å²) in [5.41, 5.74) is 0. The van der Waals surface area contributed by atoms with E-state index in [-0.39, 0.29) is 0 Å². The first-order valence-electron chi connectivity index (χ1n) is 4.35. The number of hydrogen-bond donors (Lipinski definition) is 2. The lowest BCUT2D eigenvalue weighted by Gasteiger charge is -2.37. The summed E-state index contributed by atoms with van der Waals surface area (Å²) >= 11 is 0. The van der Waals surface area contributed by atoms with Crippen LogP contribution in [-0.2, 0) is 0 Å². The van der Waals surface area contributed by atoms with Crippen LogP contribution in [0.2, 0.25) is 0 Å². The molecule has 1 saturated carbocycles. The molecule has 0 aliphatic heterocycles. The monoisotopic (exact) mass is 142 g/mol. The summed E-state index contributed by atoms with van der Waals surface area (Å²) in [6.07, 6.45) is 2.71. The van der Waals surface area contributed by atoms with Crippen LogP contribution in [0.4, 0.5) is 0 Å². The highest BCUT2D eigenvalue weighted by molar-refractivity contribution is 4.91. The fourth-order valence-electron chi connectivity index (χ4n) is 1.51. The van der Waals surface area contributed by atoms with E-state index in [2.05, 4.69) is 24.5 Å². The molecule has 0 aromatic carbocycles. The second-order valence-corrected chi connectivity index (χ2v) is 2.91. The number of nitrogens with one attached hydrogen (secondary N) is 2. The summed E-state index contributed by atoms with van der Waals surface area (Å²) in [4.78, 5) is 0. The summed E-state index contributed by atoms with van der Waals surface area (Å²) in [6, 6.07) is 1.51. The molecule has 0 heterocycles. The summed E-state index contributed by atoms with van der Waals surface area (Å²) in [7, 11) is 0. The zero-order chi connectivity index (χ0) is 7.40. The Labute approximate surface area is 63.4 Å². The van der Waals surface area contributed by atoms with E-state index in [4.69, 9.17) is 0 Å². The Morgan fingerprint density at radius 2 is 1.40 bits per heavy atom. The summed E-state index contributed by atoms with van der Waals surface area (Å²) < 4.78 is 0. The molecule has 1 rings (SSSR count). The summed E-state index contributed by atoms with van der Waals surface area (Å²) in [5, 5.41) is 6.91. The Morgan fingerprint density at radius 3 is 1.60 bits per heavy atom. The molecule has 0 amide bonds. The van der Waals surface area contributed by atoms with Gasteiger partial charge in [-0.15, -0.1) is 0 Å². The zero-order valence-corrected chi connectivity index (χ0v) is 6.98. The maximum Gasteiger partial charge on any atom is 0.0221 e. The molecule has 0 bridgehead atoms. The third-order valence-electron chi connectivity index (χ3n) is 2.21. The first kappa shape index (κ1) is 8.02. The van der Waals surface area contributed by atoms with Gasteiger partial charge in [0.05, 0.1) is 0 Å². The van der Waals surface area contributed by atoms with Gasteiger partial charge in [0.25, 0.3) is 0 Å². The standard InChI is InChI=1S/C8H18N2/c1-3-9-7-5-6-8(7)10-4-2/h7-10H,3-6H2,1-2H3. The molecule has 0 radical (unpaired) electrons. The van der Waals surface area contributed by atoms with Crippen molar-refractivity contribution in [1.82, 2.24) is 10.6 Å². The van der Waals surface area contributed by atoms with E-state index in [9.17, 15) is 0 Å². The fourth-order valence-corrected chi connectivity index (χ4v) is 1.51. The van der Waals surface area contributed by atoms with Gasteiger partial charge in [-0.1, -0.05) is 13.8 Å². The molecule has 60 valence electrons. The molecule has 0 saturated heterocycles. The molecule has 1 aliphatic carbocycles. The minimum absolute atomic E-state index is 0.755. The SMILES string of the molecule is CCNC1CCC1NCC. The minimum atomic E-state index is 0.755. The van der Waals surface area contributed by atoms with Crippen molar-refractivity contribution < 1.29 is 0 Å². The van der Waals surface area contributed by atoms with Crippen LogP contribution in [0, 0.1) is 0 Å². The Kier molecular flexibility index (Phi) is 3.16. The predicted octanol–water partition coefficient (Wildman–Crippen LogP) is 0.736. The van der Waals surface area contributed by atoms with E-state index < -0.39 is 0 Å². The molecule has 2 heteroatoms. The van der Waals surface area contributed by atoms with Gasteiger partial charge < -0.3 is 10.6 Å². The fraction of sp³-hybridized carbons (Fsp3) is 1.00. The molecule has 0 spiro atoms. The van der Waals surface area contributed by atoms with Gasteiger partial charge in [-0.05, 0) is 25.9 Å². The molecule has 2 nitrogen and oxygen atoms in total. The topological polar surface area (TPSA) is 24.1 Å². The Hall–Kier alpha value is -0.0800. The lowest BCUT2D eigenvalue weighted by Crippen LogP contribution is -2.55. The van der Waals surface area contributed by atoms with Gasteiger partial charge in [-0.3, -0.25) is 0 Å². The average molecular weight is 142 g/mol. The molecular formula is C8H18N2. The van der Waals surface area contributed by atoms with E-state index in [0.717, 1.165) is 25.2 Å². The third-order valence-corrected chi connectivity index (χ3v) is 2.21. The average Bonchev–Trinajstić information content (AvgIpc) is 1.93. The molecule has 2 N–H and O–H groups in total. The van der Waals surface area contributed by atoms with Gasteiger partial charge in [-0.25, -0.2) is 0 Å². The van der Waals surface area contributed by atoms with Crippen LogP contribution in [0.5, 0.6) is 0 Å². The Bertz CT molecular complexity index is 81.3. The highest BCUT2D eigenvalue weighted by atomic mass is 15.0. The van der Waals surface area contributed by atoms with Crippen LogP contribution in [0.15, 0.2) is 0 Å². The van der Waals surface area contributed by atoms with Crippen LogP contribution in [0.25, 0.3) is 0 Å². The van der Waals surface area contributed by atoms with E-state index in [1.165, 1.54) is 12.8 Å². The molecule has 2 atom stereocenters. The lowest BCUT2D eigenvalue weighted by molar-refractivity contribution is 0.246. The zero-order valence-electron chi connectivity index (χ0n) is 6.98. The lowest BCUT2D eigenvalue weighted by atomic mass is 9.86. The number of rotatable bonds is 4. The Morgan fingerprint density at radius 1 is 1.00 bits per heavy atom. The van der Waals surface area contributed by atoms with Crippen LogP contribution >= 0.6 is 0 Å². The predicted molar refractivity (Wildman–Crippen MR) is 44.2 cm³/mol. The van der Waals surface area contributed by atoms with Crippen LogP contribution in [0.1, 0.15) is 26.7 Å². The van der Waals surface area contributed by atoms with Gasteiger partial charge in [0.1, 0.15) is 0 Å². The second-order valence-electron chi connectivity index (χ2n) is 2.91. The maximum absolute atomic E-state index is 3.45. The molecule has 1 aliphatic rings. The van der Waals surface area contributed by atoms with Gasteiger partial charge in [0.15, 0.2) is 0 Å². The summed E-state index contributed by atoms with van der Waals surface area (Å²) in [6.45, 7) is 6.54. The van der Waals surface area contributed by atoms with Crippen LogP contribution in [-0.4, -0.2) is 25.2 Å². The van der Waals surface area contributed by atoms with Gasteiger partial charge in [0.2, 0.25) is 0 Å². The normalized spacial score (nSPS) is 31.8. The van der Waals surface area contributed by atoms with E-state index in [0.29, 0.717) is 0 Å². The summed E-state index contributed by atoms with van der Waals surface area (Å²) in [5.74, 6) is 0. The molecule has 0 aromatic heterocycles. The first-order valence-corrected chi connectivity index (χ1v) is 4.35. The number of hydrogen-bond acceptors (Lipinski definition) is 2. The van der Waals surface area contributed by atoms with Crippen molar-refractivity contribution in [3.8, 4) is 0 Å². The largest absolute Gasteiger partial charge is 0.313 e. The van der Waals surface area contributed by atoms with Crippen molar-refractivity contribution in [2.24, 2.45) is 0 Å². The van der Waals surface area contributed by atoms with E-state index in [1.54, 1.807) is 0 Å². The van der Waals surface area contributed by atoms with Crippen molar-refractivity contribution >= 4 is 0 Å². The first-order chi connectivity index (χ1) is 4.88. The van der Waals surface area contributed by atoms with Crippen molar-refractivity contribution in [3.05, 3.63) is 0 Å². The highest BCUT2D eigenvalue weighted by Gasteiger charge is 2.28. The smallest absolute Gasteiger partial charge is 0.0221 e. The van der Waals surface area contributed by atoms with E-state index >= 15 is 0 Å². The van der Waals surface area contributed by atoms with Crippen molar-refractivity contribution in [3.63, 3.8) is 0 Å². The van der Waals surface area contributed by atoms with E-state index in [1.807, 2.05) is 0 Å². The molecule has 1 fully saturated rings. The van der Waals surface area contributed by atoms with Gasteiger partial charge in [0, 0.05) is 12.1 Å². The van der Waals surface area contributed by atoms with Crippen molar-refractivity contribution in [2.75, 3.05) is 13.1 Å². The Balaban J connectivity index is 2.09. The molecular weight excluding hydrogens is 124 g/mol.